The largest absolute Gasteiger partial charge is 0.236 e. The second-order valence-electron chi connectivity index (χ2n) is 10.1. The maximum atomic E-state index is 4.92. The van der Waals surface area contributed by atoms with Crippen molar-refractivity contribution in [2.75, 3.05) is 0 Å². The Morgan fingerprint density at radius 3 is 1.74 bits per heavy atom. The van der Waals surface area contributed by atoms with Crippen LogP contribution in [0.2, 0.25) is 19.6 Å². The Labute approximate surface area is 211 Å². The number of fused-ring (bicyclic) bond motifs is 2. The molecule has 0 aliphatic carbocycles. The summed E-state index contributed by atoms with van der Waals surface area (Å²) < 4.78 is 1.23. The van der Waals surface area contributed by atoms with E-state index in [0.29, 0.717) is 0 Å². The van der Waals surface area contributed by atoms with Gasteiger partial charge in [-0.05, 0) is 45.2 Å². The molecule has 0 bridgehead atoms. The van der Waals surface area contributed by atoms with Gasteiger partial charge in [0.1, 0.15) is 5.01 Å². The summed E-state index contributed by atoms with van der Waals surface area (Å²) in [5.41, 5.74) is 7.28. The molecule has 35 heavy (non-hydrogen) atoms. The molecule has 0 saturated carbocycles. The van der Waals surface area contributed by atoms with Crippen LogP contribution in [0.1, 0.15) is 0 Å². The predicted octanol–water partition coefficient (Wildman–Crippen LogP) is 9.00. The lowest BCUT2D eigenvalue weighted by Gasteiger charge is -2.17. The first-order chi connectivity index (χ1) is 17.0. The van der Waals surface area contributed by atoms with Crippen molar-refractivity contribution in [3.63, 3.8) is 0 Å². The van der Waals surface area contributed by atoms with E-state index in [0.717, 1.165) is 10.5 Å². The highest BCUT2D eigenvalue weighted by atomic mass is 32.1. The lowest BCUT2D eigenvalue weighted by molar-refractivity contribution is 1.49. The summed E-state index contributed by atoms with van der Waals surface area (Å²) in [6.07, 6.45) is 0. The predicted molar refractivity (Wildman–Crippen MR) is 156 cm³/mol. The first-order valence-electron chi connectivity index (χ1n) is 12.1. The topological polar surface area (TPSA) is 12.9 Å². The van der Waals surface area contributed by atoms with E-state index in [9.17, 15) is 0 Å². The third kappa shape index (κ3) is 4.11. The Balaban J connectivity index is 1.39. The molecule has 170 valence electrons. The van der Waals surface area contributed by atoms with Gasteiger partial charge in [0.25, 0.3) is 0 Å². The van der Waals surface area contributed by atoms with Crippen molar-refractivity contribution in [1.29, 1.82) is 0 Å². The van der Waals surface area contributed by atoms with E-state index in [-0.39, 0.29) is 0 Å². The summed E-state index contributed by atoms with van der Waals surface area (Å²) >= 11 is 1.76. The number of nitrogens with zero attached hydrogens (tertiary/aromatic N) is 1. The number of hydrogen-bond acceptors (Lipinski definition) is 2. The van der Waals surface area contributed by atoms with Crippen LogP contribution in [-0.4, -0.2) is 13.1 Å². The summed E-state index contributed by atoms with van der Waals surface area (Å²) in [4.78, 5) is 4.92. The first-order valence-corrected chi connectivity index (χ1v) is 16.4. The minimum Gasteiger partial charge on any atom is -0.236 e. The van der Waals surface area contributed by atoms with Gasteiger partial charge in [-0.15, -0.1) is 11.3 Å². The summed E-state index contributed by atoms with van der Waals surface area (Å²) in [5.74, 6) is 0. The minimum absolute atomic E-state index is 1.06. The van der Waals surface area contributed by atoms with Gasteiger partial charge in [0.05, 0.1) is 18.3 Å². The summed E-state index contributed by atoms with van der Waals surface area (Å²) in [5, 5.41) is 5.08. The number of rotatable bonds is 4. The smallest absolute Gasteiger partial charge is 0.125 e. The molecule has 5 aromatic carbocycles. The number of hydrogen-bond donors (Lipinski definition) is 0. The zero-order chi connectivity index (χ0) is 24.0. The number of aromatic nitrogens is 1. The fourth-order valence-electron chi connectivity index (χ4n) is 4.73. The maximum absolute atomic E-state index is 4.92. The minimum atomic E-state index is -1.28. The molecule has 0 spiro atoms. The molecular weight excluding hydrogens is 459 g/mol. The Bertz CT molecular complexity index is 1620. The molecule has 0 unspecified atom stereocenters. The van der Waals surface area contributed by atoms with Gasteiger partial charge >= 0.3 is 0 Å². The molecule has 0 atom stereocenters. The normalized spacial score (nSPS) is 11.9. The molecule has 0 aliphatic rings. The molecule has 0 amide bonds. The lowest BCUT2D eigenvalue weighted by atomic mass is 9.94. The van der Waals surface area contributed by atoms with Gasteiger partial charge in [0.2, 0.25) is 0 Å². The van der Waals surface area contributed by atoms with Gasteiger partial charge in [-0.25, -0.2) is 4.98 Å². The van der Waals surface area contributed by atoms with Crippen molar-refractivity contribution in [1.82, 2.24) is 4.98 Å². The van der Waals surface area contributed by atoms with Crippen LogP contribution in [0.25, 0.3) is 53.8 Å². The van der Waals surface area contributed by atoms with Crippen LogP contribution in [-0.2, 0) is 0 Å². The third-order valence-electron chi connectivity index (χ3n) is 6.73. The van der Waals surface area contributed by atoms with Crippen molar-refractivity contribution in [3.05, 3.63) is 109 Å². The van der Waals surface area contributed by atoms with Crippen molar-refractivity contribution >= 4 is 45.6 Å². The SMILES string of the molecule is C[Si](C)(C)c1ccc(-c2ccc(-c3ccc(-c4nc5ccccc5s4)c4ccccc34)cc2)cc1. The fraction of sp³-hybridized carbons (Fsp3) is 0.0938. The van der Waals surface area contributed by atoms with Crippen LogP contribution in [0.4, 0.5) is 0 Å². The van der Waals surface area contributed by atoms with E-state index in [1.807, 2.05) is 0 Å². The highest BCUT2D eigenvalue weighted by Crippen LogP contribution is 2.38. The number of thiazole rings is 1. The molecule has 6 rings (SSSR count). The monoisotopic (exact) mass is 485 g/mol. The van der Waals surface area contributed by atoms with Crippen LogP contribution in [0.5, 0.6) is 0 Å². The van der Waals surface area contributed by atoms with Crippen molar-refractivity contribution < 1.29 is 0 Å². The van der Waals surface area contributed by atoms with E-state index in [1.54, 1.807) is 11.3 Å². The van der Waals surface area contributed by atoms with Gasteiger partial charge in [0, 0.05) is 5.56 Å². The standard InChI is InChI=1S/C32H27NSSi/c1-35(2,3)25-18-16-23(17-19-25)22-12-14-24(15-13-22)26-20-21-29(28-9-5-4-8-27(26)28)32-33-30-10-6-7-11-31(30)34-32/h4-21H,1-3H3. The van der Waals surface area contributed by atoms with E-state index in [4.69, 9.17) is 4.98 Å². The quantitative estimate of drug-likeness (QED) is 0.227. The van der Waals surface area contributed by atoms with Gasteiger partial charge in [-0.2, -0.15) is 0 Å². The second-order valence-corrected chi connectivity index (χ2v) is 16.2. The average molecular weight is 486 g/mol. The van der Waals surface area contributed by atoms with Crippen LogP contribution in [0, 0.1) is 0 Å². The summed E-state index contributed by atoms with van der Waals surface area (Å²) in [6, 6.07) is 39.7. The Morgan fingerprint density at radius 1 is 0.543 bits per heavy atom. The molecule has 3 heteroatoms. The van der Waals surface area contributed by atoms with Crippen LogP contribution < -0.4 is 5.19 Å². The van der Waals surface area contributed by atoms with Crippen molar-refractivity contribution in [2.24, 2.45) is 0 Å². The maximum Gasteiger partial charge on any atom is 0.125 e. The molecule has 1 nitrogen and oxygen atoms in total. The lowest BCUT2D eigenvalue weighted by Crippen LogP contribution is -2.37. The van der Waals surface area contributed by atoms with Gasteiger partial charge < -0.3 is 0 Å². The molecule has 0 aliphatic heterocycles. The molecule has 0 N–H and O–H groups in total. The highest BCUT2D eigenvalue weighted by Gasteiger charge is 2.16. The zero-order valence-corrected chi connectivity index (χ0v) is 22.1. The molecule has 6 aromatic rings. The van der Waals surface area contributed by atoms with Crippen LogP contribution >= 0.6 is 11.3 Å². The Hall–Kier alpha value is -3.53. The molecule has 1 aromatic heterocycles. The van der Waals surface area contributed by atoms with Crippen LogP contribution in [0.15, 0.2) is 109 Å². The van der Waals surface area contributed by atoms with Gasteiger partial charge in [0.15, 0.2) is 0 Å². The van der Waals surface area contributed by atoms with Crippen LogP contribution in [0.3, 0.4) is 0 Å². The Kier molecular flexibility index (Phi) is 5.40. The summed E-state index contributed by atoms with van der Waals surface area (Å²) in [6.45, 7) is 7.18. The second kappa shape index (κ2) is 8.60. The molecule has 0 fully saturated rings. The zero-order valence-electron chi connectivity index (χ0n) is 20.2. The van der Waals surface area contributed by atoms with E-state index < -0.39 is 8.07 Å². The van der Waals surface area contributed by atoms with E-state index in [2.05, 4.69) is 129 Å². The van der Waals surface area contributed by atoms with Crippen molar-refractivity contribution in [2.45, 2.75) is 19.6 Å². The van der Waals surface area contributed by atoms with Gasteiger partial charge in [-0.1, -0.05) is 122 Å². The number of benzene rings is 5. The van der Waals surface area contributed by atoms with Crippen molar-refractivity contribution in [3.8, 4) is 32.8 Å². The average Bonchev–Trinajstić information content (AvgIpc) is 3.32. The first kappa shape index (κ1) is 22.0. The van der Waals surface area contributed by atoms with E-state index >= 15 is 0 Å². The highest BCUT2D eigenvalue weighted by molar-refractivity contribution is 7.21. The molecule has 1 heterocycles. The third-order valence-corrected chi connectivity index (χ3v) is 9.86. The Morgan fingerprint density at radius 2 is 1.09 bits per heavy atom. The molecule has 0 saturated heterocycles. The van der Waals surface area contributed by atoms with E-state index in [1.165, 1.54) is 48.5 Å². The number of para-hydroxylation sites is 1. The summed E-state index contributed by atoms with van der Waals surface area (Å²) in [7, 11) is -1.28. The molecular formula is C32H27NSSi. The molecule has 0 radical (unpaired) electrons. The van der Waals surface area contributed by atoms with Gasteiger partial charge in [-0.3, -0.25) is 0 Å². The fourth-order valence-corrected chi connectivity index (χ4v) is 6.90.